The summed E-state index contributed by atoms with van der Waals surface area (Å²) in [6.45, 7) is 5.13. The topological polar surface area (TPSA) is 21.3 Å². The largest absolute Gasteiger partial charge is 0.491 e. The van der Waals surface area contributed by atoms with Crippen LogP contribution in [0, 0.1) is 0 Å². The predicted octanol–water partition coefficient (Wildman–Crippen LogP) is 3.55. The molecule has 2 rings (SSSR count). The van der Waals surface area contributed by atoms with E-state index in [1.807, 2.05) is 18.2 Å². The number of hydrogen-bond donors (Lipinski definition) is 1. The molecule has 0 amide bonds. The van der Waals surface area contributed by atoms with Crippen LogP contribution in [-0.2, 0) is 0 Å². The molecule has 0 aromatic heterocycles. The van der Waals surface area contributed by atoms with Crippen molar-refractivity contribution >= 4 is 11.6 Å². The fourth-order valence-electron chi connectivity index (χ4n) is 2.18. The maximum absolute atomic E-state index is 6.00. The lowest BCUT2D eigenvalue weighted by atomic mass is 10.1. The smallest absolute Gasteiger partial charge is 0.124 e. The van der Waals surface area contributed by atoms with Gasteiger partial charge in [-0.2, -0.15) is 0 Å². The van der Waals surface area contributed by atoms with Gasteiger partial charge in [-0.15, -0.1) is 0 Å². The molecule has 0 fully saturated rings. The monoisotopic (exact) mass is 239 g/mol. The van der Waals surface area contributed by atoms with Gasteiger partial charge in [0.05, 0.1) is 6.04 Å². The van der Waals surface area contributed by atoms with Gasteiger partial charge in [-0.25, -0.2) is 0 Å². The SMILES string of the molecule is CCCC(C)NC1COc2ccc(Cl)cc21. The number of ether oxygens (including phenoxy) is 1. The molecule has 0 spiro atoms. The summed E-state index contributed by atoms with van der Waals surface area (Å²) in [6.07, 6.45) is 2.39. The molecular weight excluding hydrogens is 222 g/mol. The van der Waals surface area contributed by atoms with Gasteiger partial charge in [-0.05, 0) is 31.5 Å². The van der Waals surface area contributed by atoms with Crippen molar-refractivity contribution in [2.45, 2.75) is 38.8 Å². The van der Waals surface area contributed by atoms with E-state index in [9.17, 15) is 0 Å². The minimum atomic E-state index is 0.287. The molecule has 2 unspecified atom stereocenters. The van der Waals surface area contributed by atoms with Gasteiger partial charge in [0.25, 0.3) is 0 Å². The van der Waals surface area contributed by atoms with E-state index in [1.165, 1.54) is 18.4 Å². The maximum Gasteiger partial charge on any atom is 0.124 e. The Morgan fingerprint density at radius 3 is 3.12 bits per heavy atom. The van der Waals surface area contributed by atoms with Crippen molar-refractivity contribution in [1.82, 2.24) is 5.32 Å². The van der Waals surface area contributed by atoms with E-state index in [2.05, 4.69) is 19.2 Å². The maximum atomic E-state index is 6.00. The Morgan fingerprint density at radius 2 is 2.38 bits per heavy atom. The van der Waals surface area contributed by atoms with Crippen molar-refractivity contribution in [1.29, 1.82) is 0 Å². The van der Waals surface area contributed by atoms with Crippen LogP contribution in [-0.4, -0.2) is 12.6 Å². The molecule has 2 atom stereocenters. The van der Waals surface area contributed by atoms with Crippen LogP contribution in [0.1, 0.15) is 38.3 Å². The van der Waals surface area contributed by atoms with Gasteiger partial charge in [-0.3, -0.25) is 0 Å². The van der Waals surface area contributed by atoms with Gasteiger partial charge in [0.1, 0.15) is 12.4 Å². The van der Waals surface area contributed by atoms with Crippen LogP contribution in [0.4, 0.5) is 0 Å². The summed E-state index contributed by atoms with van der Waals surface area (Å²) in [5, 5.41) is 4.36. The Kier molecular flexibility index (Phi) is 3.72. The third kappa shape index (κ3) is 2.50. The van der Waals surface area contributed by atoms with Gasteiger partial charge in [-0.1, -0.05) is 24.9 Å². The van der Waals surface area contributed by atoms with Crippen LogP contribution in [0.25, 0.3) is 0 Å². The van der Waals surface area contributed by atoms with E-state index < -0.39 is 0 Å². The van der Waals surface area contributed by atoms with E-state index in [1.54, 1.807) is 0 Å². The summed E-state index contributed by atoms with van der Waals surface area (Å²) >= 11 is 6.00. The molecule has 2 nitrogen and oxygen atoms in total. The zero-order valence-corrected chi connectivity index (χ0v) is 10.6. The second kappa shape index (κ2) is 5.07. The average Bonchev–Trinajstić information content (AvgIpc) is 2.61. The van der Waals surface area contributed by atoms with Gasteiger partial charge in [0, 0.05) is 16.6 Å². The third-order valence-electron chi connectivity index (χ3n) is 2.96. The van der Waals surface area contributed by atoms with Crippen LogP contribution in [0.3, 0.4) is 0 Å². The highest BCUT2D eigenvalue weighted by Crippen LogP contribution is 2.34. The Bertz CT molecular complexity index is 367. The van der Waals surface area contributed by atoms with Gasteiger partial charge in [0.2, 0.25) is 0 Å². The molecule has 0 saturated carbocycles. The number of hydrogen-bond acceptors (Lipinski definition) is 2. The van der Waals surface area contributed by atoms with Crippen molar-refractivity contribution in [3.63, 3.8) is 0 Å². The number of nitrogens with one attached hydrogen (secondary N) is 1. The molecular formula is C13H18ClNO. The lowest BCUT2D eigenvalue weighted by Crippen LogP contribution is -2.31. The third-order valence-corrected chi connectivity index (χ3v) is 3.20. The molecule has 1 aromatic rings. The fourth-order valence-corrected chi connectivity index (χ4v) is 2.36. The summed E-state index contributed by atoms with van der Waals surface area (Å²) in [4.78, 5) is 0. The Hall–Kier alpha value is -0.730. The normalized spacial score (nSPS) is 20.3. The van der Waals surface area contributed by atoms with Gasteiger partial charge in [0.15, 0.2) is 0 Å². The molecule has 0 radical (unpaired) electrons. The highest BCUT2D eigenvalue weighted by atomic mass is 35.5. The highest BCUT2D eigenvalue weighted by molar-refractivity contribution is 6.30. The van der Waals surface area contributed by atoms with Crippen molar-refractivity contribution in [2.24, 2.45) is 0 Å². The molecule has 1 heterocycles. The summed E-state index contributed by atoms with van der Waals surface area (Å²) in [7, 11) is 0. The molecule has 0 bridgehead atoms. The van der Waals surface area contributed by atoms with E-state index in [0.29, 0.717) is 12.6 Å². The first-order valence-corrected chi connectivity index (χ1v) is 6.26. The standard InChI is InChI=1S/C13H18ClNO/c1-3-4-9(2)15-12-8-16-13-6-5-10(14)7-11(12)13/h5-7,9,12,15H,3-4,8H2,1-2H3. The number of halogens is 1. The van der Waals surface area contributed by atoms with Crippen LogP contribution in [0.2, 0.25) is 5.02 Å². The second-order valence-corrected chi connectivity index (χ2v) is 4.84. The predicted molar refractivity (Wildman–Crippen MR) is 67.2 cm³/mol. The van der Waals surface area contributed by atoms with E-state index in [0.717, 1.165) is 10.8 Å². The lowest BCUT2D eigenvalue weighted by molar-refractivity contribution is 0.297. The average molecular weight is 240 g/mol. The second-order valence-electron chi connectivity index (χ2n) is 4.40. The van der Waals surface area contributed by atoms with Crippen LogP contribution < -0.4 is 10.1 Å². The minimum absolute atomic E-state index is 0.287. The molecule has 1 aromatic carbocycles. The van der Waals surface area contributed by atoms with Gasteiger partial charge >= 0.3 is 0 Å². The van der Waals surface area contributed by atoms with Crippen LogP contribution >= 0.6 is 11.6 Å². The number of benzene rings is 1. The number of fused-ring (bicyclic) bond motifs is 1. The zero-order valence-electron chi connectivity index (χ0n) is 9.79. The Balaban J connectivity index is 2.08. The first kappa shape index (κ1) is 11.7. The minimum Gasteiger partial charge on any atom is -0.491 e. The molecule has 16 heavy (non-hydrogen) atoms. The molecule has 1 aliphatic rings. The summed E-state index contributed by atoms with van der Waals surface area (Å²) < 4.78 is 5.62. The highest BCUT2D eigenvalue weighted by Gasteiger charge is 2.25. The Labute approximate surface area is 102 Å². The van der Waals surface area contributed by atoms with E-state index in [4.69, 9.17) is 16.3 Å². The molecule has 0 aliphatic carbocycles. The first-order valence-electron chi connectivity index (χ1n) is 5.89. The molecule has 1 N–H and O–H groups in total. The van der Waals surface area contributed by atoms with Crippen molar-refractivity contribution in [3.8, 4) is 5.75 Å². The van der Waals surface area contributed by atoms with E-state index in [-0.39, 0.29) is 6.04 Å². The molecule has 88 valence electrons. The van der Waals surface area contributed by atoms with Crippen molar-refractivity contribution < 1.29 is 4.74 Å². The van der Waals surface area contributed by atoms with E-state index >= 15 is 0 Å². The zero-order chi connectivity index (χ0) is 11.5. The van der Waals surface area contributed by atoms with Crippen LogP contribution in [0.5, 0.6) is 5.75 Å². The lowest BCUT2D eigenvalue weighted by Gasteiger charge is -2.18. The number of rotatable bonds is 4. The molecule has 1 aliphatic heterocycles. The fraction of sp³-hybridized carbons (Fsp3) is 0.538. The Morgan fingerprint density at radius 1 is 1.56 bits per heavy atom. The van der Waals surface area contributed by atoms with Crippen LogP contribution in [0.15, 0.2) is 18.2 Å². The molecule has 0 saturated heterocycles. The summed E-state index contributed by atoms with van der Waals surface area (Å²) in [5.41, 5.74) is 1.19. The van der Waals surface area contributed by atoms with Crippen molar-refractivity contribution in [2.75, 3.05) is 6.61 Å². The molecule has 3 heteroatoms. The van der Waals surface area contributed by atoms with Gasteiger partial charge < -0.3 is 10.1 Å². The first-order chi connectivity index (χ1) is 7.70. The summed E-state index contributed by atoms with van der Waals surface area (Å²) in [5.74, 6) is 0.964. The quantitative estimate of drug-likeness (QED) is 0.868. The van der Waals surface area contributed by atoms with Crippen molar-refractivity contribution in [3.05, 3.63) is 28.8 Å². The summed E-state index contributed by atoms with van der Waals surface area (Å²) in [6, 6.07) is 6.63.